The van der Waals surface area contributed by atoms with Crippen molar-refractivity contribution in [1.82, 2.24) is 10.5 Å². The normalized spacial score (nSPS) is 16.7. The van der Waals surface area contributed by atoms with Crippen molar-refractivity contribution in [2.75, 3.05) is 13.2 Å². The predicted molar refractivity (Wildman–Crippen MR) is 79.8 cm³/mol. The maximum absolute atomic E-state index is 12.3. The third-order valence-electron chi connectivity index (χ3n) is 3.91. The van der Waals surface area contributed by atoms with E-state index in [9.17, 15) is 14.7 Å². The fraction of sp³-hybridized carbons (Fsp3) is 0.312. The predicted octanol–water partition coefficient (Wildman–Crippen LogP) is 1.71. The topological polar surface area (TPSA) is 102 Å². The first-order valence-electron chi connectivity index (χ1n) is 7.26. The van der Waals surface area contributed by atoms with Gasteiger partial charge in [0, 0.05) is 37.7 Å². The Morgan fingerprint density at radius 2 is 1.87 bits per heavy atom. The van der Waals surface area contributed by atoms with Gasteiger partial charge in [-0.05, 0) is 0 Å². The van der Waals surface area contributed by atoms with Crippen LogP contribution in [0.15, 0.2) is 40.9 Å². The molecule has 120 valence electrons. The van der Waals surface area contributed by atoms with Crippen LogP contribution >= 0.6 is 0 Å². The van der Waals surface area contributed by atoms with Gasteiger partial charge in [-0.15, -0.1) is 0 Å². The summed E-state index contributed by atoms with van der Waals surface area (Å²) in [5.41, 5.74) is 0.0103. The van der Waals surface area contributed by atoms with Gasteiger partial charge in [-0.25, -0.2) is 4.79 Å². The second-order valence-corrected chi connectivity index (χ2v) is 5.40. The van der Waals surface area contributed by atoms with E-state index in [2.05, 4.69) is 10.5 Å². The van der Waals surface area contributed by atoms with Crippen molar-refractivity contribution in [2.45, 2.75) is 18.4 Å². The lowest BCUT2D eigenvalue weighted by Gasteiger charge is -2.33. The largest absolute Gasteiger partial charge is 0.480 e. The highest BCUT2D eigenvalue weighted by molar-refractivity contribution is 5.96. The highest BCUT2D eigenvalue weighted by atomic mass is 16.5. The highest BCUT2D eigenvalue weighted by Gasteiger charge is 2.42. The number of carbonyl (C=O) groups is 2. The number of nitrogens with zero attached hydrogens (tertiary/aromatic N) is 1. The van der Waals surface area contributed by atoms with Crippen LogP contribution in [0.2, 0.25) is 0 Å². The van der Waals surface area contributed by atoms with E-state index in [1.165, 1.54) is 6.07 Å². The van der Waals surface area contributed by atoms with Crippen LogP contribution in [0.4, 0.5) is 0 Å². The molecule has 2 heterocycles. The van der Waals surface area contributed by atoms with Gasteiger partial charge in [-0.2, -0.15) is 0 Å². The summed E-state index contributed by atoms with van der Waals surface area (Å²) in [5, 5.41) is 15.9. The van der Waals surface area contributed by atoms with Crippen LogP contribution in [0.25, 0.3) is 11.3 Å². The number of hydrogen-bond acceptors (Lipinski definition) is 5. The Labute approximate surface area is 132 Å². The molecule has 2 aromatic rings. The zero-order valence-corrected chi connectivity index (χ0v) is 12.3. The summed E-state index contributed by atoms with van der Waals surface area (Å²) in [4.78, 5) is 23.9. The second kappa shape index (κ2) is 6.21. The smallest absolute Gasteiger partial charge is 0.329 e. The van der Waals surface area contributed by atoms with Crippen LogP contribution in [0.1, 0.15) is 23.4 Å². The first-order chi connectivity index (χ1) is 11.1. The zero-order valence-electron chi connectivity index (χ0n) is 12.3. The number of aromatic nitrogens is 1. The van der Waals surface area contributed by atoms with Gasteiger partial charge in [0.05, 0.1) is 0 Å². The fourth-order valence-electron chi connectivity index (χ4n) is 2.52. The van der Waals surface area contributed by atoms with E-state index in [0.717, 1.165) is 5.56 Å². The van der Waals surface area contributed by atoms with Gasteiger partial charge in [-0.3, -0.25) is 4.79 Å². The fourth-order valence-corrected chi connectivity index (χ4v) is 2.52. The molecule has 0 radical (unpaired) electrons. The number of carbonyl (C=O) groups excluding carboxylic acids is 1. The van der Waals surface area contributed by atoms with Crippen LogP contribution in [0, 0.1) is 0 Å². The summed E-state index contributed by atoms with van der Waals surface area (Å²) in [6, 6.07) is 10.8. The number of carboxylic acid groups (broad SMARTS) is 1. The minimum atomic E-state index is -1.32. The van der Waals surface area contributed by atoms with E-state index in [1.54, 1.807) is 0 Å². The first-order valence-corrected chi connectivity index (χ1v) is 7.26. The number of nitrogens with one attached hydrogen (secondary N) is 1. The third kappa shape index (κ3) is 3.09. The van der Waals surface area contributed by atoms with E-state index in [0.29, 0.717) is 5.69 Å². The van der Waals surface area contributed by atoms with Gasteiger partial charge < -0.3 is 19.7 Å². The molecule has 1 aliphatic rings. The molecule has 0 unspecified atom stereocenters. The second-order valence-electron chi connectivity index (χ2n) is 5.40. The van der Waals surface area contributed by atoms with E-state index >= 15 is 0 Å². The molecule has 0 saturated carbocycles. The maximum Gasteiger partial charge on any atom is 0.329 e. The molecule has 3 rings (SSSR count). The number of amides is 1. The van der Waals surface area contributed by atoms with Crippen LogP contribution in [0.5, 0.6) is 0 Å². The third-order valence-corrected chi connectivity index (χ3v) is 3.91. The van der Waals surface area contributed by atoms with Gasteiger partial charge in [0.15, 0.2) is 0 Å². The Morgan fingerprint density at radius 3 is 2.52 bits per heavy atom. The van der Waals surface area contributed by atoms with Crippen molar-refractivity contribution >= 4 is 11.9 Å². The van der Waals surface area contributed by atoms with E-state index in [-0.39, 0.29) is 31.8 Å². The van der Waals surface area contributed by atoms with E-state index in [4.69, 9.17) is 9.26 Å². The Balaban J connectivity index is 1.78. The van der Waals surface area contributed by atoms with E-state index < -0.39 is 17.4 Å². The highest BCUT2D eigenvalue weighted by Crippen LogP contribution is 2.23. The lowest BCUT2D eigenvalue weighted by atomic mass is 9.90. The number of carboxylic acids is 1. The SMILES string of the molecule is O=C(NC1(C(=O)O)CCOCC1)c1cc(-c2ccccc2)no1. The number of rotatable bonds is 4. The minimum Gasteiger partial charge on any atom is -0.480 e. The van der Waals surface area contributed by atoms with Crippen molar-refractivity contribution < 1.29 is 24.0 Å². The lowest BCUT2D eigenvalue weighted by molar-refractivity contribution is -0.148. The molecule has 1 amide bonds. The molecular formula is C16H16N2O5. The van der Waals surface area contributed by atoms with Crippen molar-refractivity contribution in [3.8, 4) is 11.3 Å². The van der Waals surface area contributed by atoms with Gasteiger partial charge >= 0.3 is 5.97 Å². The van der Waals surface area contributed by atoms with Crippen molar-refractivity contribution in [2.24, 2.45) is 0 Å². The number of aliphatic carboxylic acids is 1. The average Bonchev–Trinajstić information content (AvgIpc) is 3.06. The quantitative estimate of drug-likeness (QED) is 0.890. The molecular weight excluding hydrogens is 300 g/mol. The first kappa shape index (κ1) is 15.2. The molecule has 2 N–H and O–H groups in total. The summed E-state index contributed by atoms with van der Waals surface area (Å²) in [6.07, 6.45) is 0.432. The number of benzene rings is 1. The molecule has 1 aromatic carbocycles. The molecule has 1 aliphatic heterocycles. The molecule has 23 heavy (non-hydrogen) atoms. The Bertz CT molecular complexity index is 704. The Kier molecular flexibility index (Phi) is 4.12. The summed E-state index contributed by atoms with van der Waals surface area (Å²) < 4.78 is 10.2. The standard InChI is InChI=1S/C16H16N2O5/c19-14(17-16(15(20)21)6-8-22-9-7-16)13-10-12(18-23-13)11-4-2-1-3-5-11/h1-5,10H,6-9H2,(H,17,19)(H,20,21). The Hall–Kier alpha value is -2.67. The summed E-state index contributed by atoms with van der Waals surface area (Å²) in [7, 11) is 0. The van der Waals surface area contributed by atoms with Gasteiger partial charge in [-0.1, -0.05) is 35.5 Å². The molecule has 1 fully saturated rings. The molecule has 0 aliphatic carbocycles. The summed E-state index contributed by atoms with van der Waals surface area (Å²) in [6.45, 7) is 0.580. The molecule has 7 heteroatoms. The number of ether oxygens (including phenoxy) is 1. The average molecular weight is 316 g/mol. The molecule has 1 saturated heterocycles. The zero-order chi connectivity index (χ0) is 16.3. The van der Waals surface area contributed by atoms with Crippen LogP contribution in [-0.2, 0) is 9.53 Å². The molecule has 0 atom stereocenters. The van der Waals surface area contributed by atoms with Crippen molar-refractivity contribution in [1.29, 1.82) is 0 Å². The molecule has 0 spiro atoms. The van der Waals surface area contributed by atoms with Crippen LogP contribution in [-0.4, -0.2) is 40.9 Å². The molecule has 0 bridgehead atoms. The summed E-state index contributed by atoms with van der Waals surface area (Å²) >= 11 is 0. The lowest BCUT2D eigenvalue weighted by Crippen LogP contribution is -2.57. The molecule has 1 aromatic heterocycles. The molecule has 7 nitrogen and oxygen atoms in total. The van der Waals surface area contributed by atoms with Gasteiger partial charge in [0.1, 0.15) is 11.2 Å². The van der Waals surface area contributed by atoms with Crippen molar-refractivity contribution in [3.63, 3.8) is 0 Å². The van der Waals surface area contributed by atoms with E-state index in [1.807, 2.05) is 30.3 Å². The monoisotopic (exact) mass is 316 g/mol. The summed E-state index contributed by atoms with van der Waals surface area (Å²) in [5.74, 6) is -1.68. The Morgan fingerprint density at radius 1 is 1.17 bits per heavy atom. The van der Waals surface area contributed by atoms with Crippen LogP contribution < -0.4 is 5.32 Å². The van der Waals surface area contributed by atoms with Gasteiger partial charge in [0.2, 0.25) is 5.76 Å². The minimum absolute atomic E-state index is 0.0176. The van der Waals surface area contributed by atoms with Crippen LogP contribution in [0.3, 0.4) is 0 Å². The number of hydrogen-bond donors (Lipinski definition) is 2. The van der Waals surface area contributed by atoms with Gasteiger partial charge in [0.25, 0.3) is 5.91 Å². The van der Waals surface area contributed by atoms with Crippen molar-refractivity contribution in [3.05, 3.63) is 42.2 Å². The maximum atomic E-state index is 12.3.